The smallest absolute Gasteiger partial charge is 0.330 e. The minimum Gasteiger partial charge on any atom is -0.496 e. The molecule has 2 aromatic heterocycles. The van der Waals surface area contributed by atoms with E-state index in [1.165, 1.54) is 0 Å². The van der Waals surface area contributed by atoms with Crippen LogP contribution in [0, 0.1) is 16.7 Å². The second-order valence-electron chi connectivity index (χ2n) is 7.55. The summed E-state index contributed by atoms with van der Waals surface area (Å²) in [6.45, 7) is 6.90. The number of pyridine rings is 1. The van der Waals surface area contributed by atoms with Gasteiger partial charge in [-0.15, -0.1) is 0 Å². The number of imidazole rings is 1. The fraction of sp³-hybridized carbons (Fsp3) is 0.350. The highest BCUT2D eigenvalue weighted by atomic mass is 16.5. The maximum atomic E-state index is 12.7. The summed E-state index contributed by atoms with van der Waals surface area (Å²) in [6, 6.07) is 11.1. The Morgan fingerprint density at radius 2 is 1.96 bits per heavy atom. The molecule has 0 saturated heterocycles. The SMILES string of the molecule is COc1ccc(C#N)cc1-c1ccc2c(n1)n(C)c(=O)n2CC(C)(C)C. The van der Waals surface area contributed by atoms with Gasteiger partial charge in [0.05, 0.1) is 30.0 Å². The van der Waals surface area contributed by atoms with Gasteiger partial charge in [-0.05, 0) is 35.7 Å². The Labute approximate surface area is 152 Å². The molecule has 0 spiro atoms. The number of hydrogen-bond donors (Lipinski definition) is 0. The van der Waals surface area contributed by atoms with Gasteiger partial charge in [0.1, 0.15) is 5.75 Å². The number of nitrogens with zero attached hydrogens (tertiary/aromatic N) is 4. The predicted molar refractivity (Wildman–Crippen MR) is 101 cm³/mol. The zero-order chi connectivity index (χ0) is 19.1. The van der Waals surface area contributed by atoms with Crippen LogP contribution in [0.25, 0.3) is 22.4 Å². The Kier molecular flexibility index (Phi) is 4.33. The summed E-state index contributed by atoms with van der Waals surface area (Å²) in [5, 5.41) is 9.18. The molecule has 1 aromatic carbocycles. The largest absolute Gasteiger partial charge is 0.496 e. The maximum Gasteiger partial charge on any atom is 0.330 e. The van der Waals surface area contributed by atoms with Crippen molar-refractivity contribution in [3.05, 3.63) is 46.4 Å². The molecule has 0 saturated carbocycles. The summed E-state index contributed by atoms with van der Waals surface area (Å²) in [5.74, 6) is 0.634. The molecule has 0 bridgehead atoms. The first kappa shape index (κ1) is 17.7. The number of aryl methyl sites for hydroxylation is 1. The van der Waals surface area contributed by atoms with Gasteiger partial charge in [0.15, 0.2) is 5.65 Å². The van der Waals surface area contributed by atoms with Crippen molar-refractivity contribution < 1.29 is 4.74 Å². The van der Waals surface area contributed by atoms with Crippen molar-refractivity contribution in [2.24, 2.45) is 12.5 Å². The van der Waals surface area contributed by atoms with E-state index in [1.54, 1.807) is 41.5 Å². The van der Waals surface area contributed by atoms with Crippen molar-refractivity contribution >= 4 is 11.2 Å². The molecule has 0 aliphatic rings. The van der Waals surface area contributed by atoms with Crippen LogP contribution in [0.1, 0.15) is 26.3 Å². The van der Waals surface area contributed by atoms with E-state index in [9.17, 15) is 10.1 Å². The van der Waals surface area contributed by atoms with Gasteiger partial charge >= 0.3 is 5.69 Å². The molecule has 0 atom stereocenters. The zero-order valence-corrected chi connectivity index (χ0v) is 15.7. The van der Waals surface area contributed by atoms with E-state index in [0.717, 1.165) is 11.1 Å². The number of aromatic nitrogens is 3. The number of benzene rings is 1. The highest BCUT2D eigenvalue weighted by molar-refractivity contribution is 5.78. The van der Waals surface area contributed by atoms with Crippen molar-refractivity contribution in [2.75, 3.05) is 7.11 Å². The number of methoxy groups -OCH3 is 1. The number of ether oxygens (including phenoxy) is 1. The lowest BCUT2D eigenvalue weighted by Gasteiger charge is -2.18. The minimum absolute atomic E-state index is 0.0267. The van der Waals surface area contributed by atoms with Crippen LogP contribution < -0.4 is 10.4 Å². The van der Waals surface area contributed by atoms with Gasteiger partial charge in [-0.2, -0.15) is 5.26 Å². The molecule has 0 aliphatic carbocycles. The molecule has 0 fully saturated rings. The zero-order valence-electron chi connectivity index (χ0n) is 15.7. The second kappa shape index (κ2) is 6.34. The van der Waals surface area contributed by atoms with Gasteiger partial charge in [-0.3, -0.25) is 9.13 Å². The molecular formula is C20H22N4O2. The molecule has 0 aliphatic heterocycles. The Hall–Kier alpha value is -3.07. The second-order valence-corrected chi connectivity index (χ2v) is 7.55. The molecule has 3 aromatic rings. The molecule has 0 unspecified atom stereocenters. The highest BCUT2D eigenvalue weighted by Gasteiger charge is 2.19. The van der Waals surface area contributed by atoms with E-state index in [1.807, 2.05) is 12.1 Å². The van der Waals surface area contributed by atoms with Crippen LogP contribution in [0.4, 0.5) is 0 Å². The third-order valence-corrected chi connectivity index (χ3v) is 4.22. The fourth-order valence-electron chi connectivity index (χ4n) is 3.03. The lowest BCUT2D eigenvalue weighted by atomic mass is 9.97. The molecule has 0 N–H and O–H groups in total. The van der Waals surface area contributed by atoms with Crippen LogP contribution >= 0.6 is 0 Å². The van der Waals surface area contributed by atoms with Crippen LogP contribution in [-0.2, 0) is 13.6 Å². The molecule has 0 amide bonds. The van der Waals surface area contributed by atoms with Crippen molar-refractivity contribution in [2.45, 2.75) is 27.3 Å². The number of fused-ring (bicyclic) bond motifs is 1. The Morgan fingerprint density at radius 3 is 2.58 bits per heavy atom. The monoisotopic (exact) mass is 350 g/mol. The standard InChI is InChI=1S/C20H22N4O2/c1-20(2,3)12-24-16-8-7-15(22-18(16)23(4)19(24)25)14-10-13(11-21)6-9-17(14)26-5/h6-10H,12H2,1-5H3. The molecule has 134 valence electrons. The first-order chi connectivity index (χ1) is 12.2. The van der Waals surface area contributed by atoms with Crippen LogP contribution in [0.15, 0.2) is 35.1 Å². The third-order valence-electron chi connectivity index (χ3n) is 4.22. The fourth-order valence-corrected chi connectivity index (χ4v) is 3.03. The molecule has 6 heteroatoms. The average molecular weight is 350 g/mol. The molecular weight excluding hydrogens is 328 g/mol. The lowest BCUT2D eigenvalue weighted by molar-refractivity contribution is 0.342. The Bertz CT molecular complexity index is 1080. The maximum absolute atomic E-state index is 12.7. The van der Waals surface area contributed by atoms with Crippen LogP contribution in [-0.4, -0.2) is 21.2 Å². The summed E-state index contributed by atoms with van der Waals surface area (Å²) in [7, 11) is 3.31. The van der Waals surface area contributed by atoms with Gasteiger partial charge < -0.3 is 4.74 Å². The molecule has 3 rings (SSSR count). The number of rotatable bonds is 3. The molecule has 26 heavy (non-hydrogen) atoms. The van der Waals surface area contributed by atoms with E-state index in [0.29, 0.717) is 29.2 Å². The Morgan fingerprint density at radius 1 is 1.23 bits per heavy atom. The highest BCUT2D eigenvalue weighted by Crippen LogP contribution is 2.31. The first-order valence-electron chi connectivity index (χ1n) is 8.40. The van der Waals surface area contributed by atoms with E-state index in [2.05, 4.69) is 26.8 Å². The molecule has 2 heterocycles. The Balaban J connectivity index is 2.22. The van der Waals surface area contributed by atoms with E-state index >= 15 is 0 Å². The summed E-state index contributed by atoms with van der Waals surface area (Å²) >= 11 is 0. The van der Waals surface area contributed by atoms with Crippen LogP contribution in [0.3, 0.4) is 0 Å². The van der Waals surface area contributed by atoms with Crippen molar-refractivity contribution in [3.63, 3.8) is 0 Å². The average Bonchev–Trinajstić information content (AvgIpc) is 2.84. The van der Waals surface area contributed by atoms with Crippen molar-refractivity contribution in [3.8, 4) is 23.1 Å². The third kappa shape index (κ3) is 3.08. The van der Waals surface area contributed by atoms with Crippen LogP contribution in [0.2, 0.25) is 0 Å². The lowest BCUT2D eigenvalue weighted by Crippen LogP contribution is -2.27. The van der Waals surface area contributed by atoms with Gasteiger partial charge in [-0.1, -0.05) is 20.8 Å². The number of hydrogen-bond acceptors (Lipinski definition) is 4. The summed E-state index contributed by atoms with van der Waals surface area (Å²) in [6.07, 6.45) is 0. The quantitative estimate of drug-likeness (QED) is 0.726. The van der Waals surface area contributed by atoms with Gasteiger partial charge in [0.2, 0.25) is 0 Å². The summed E-state index contributed by atoms with van der Waals surface area (Å²) in [4.78, 5) is 17.3. The van der Waals surface area contributed by atoms with E-state index < -0.39 is 0 Å². The molecule has 0 radical (unpaired) electrons. The number of nitriles is 1. The minimum atomic E-state index is -0.0858. The van der Waals surface area contributed by atoms with E-state index in [-0.39, 0.29) is 11.1 Å². The van der Waals surface area contributed by atoms with Gasteiger partial charge in [0.25, 0.3) is 0 Å². The van der Waals surface area contributed by atoms with E-state index in [4.69, 9.17) is 9.72 Å². The van der Waals surface area contributed by atoms with Crippen molar-refractivity contribution in [1.82, 2.24) is 14.1 Å². The van der Waals surface area contributed by atoms with Gasteiger partial charge in [-0.25, -0.2) is 9.78 Å². The summed E-state index contributed by atoms with van der Waals surface area (Å²) in [5.41, 5.74) is 3.22. The van der Waals surface area contributed by atoms with Gasteiger partial charge in [0, 0.05) is 19.2 Å². The normalized spacial score (nSPS) is 11.5. The first-order valence-corrected chi connectivity index (χ1v) is 8.40. The summed E-state index contributed by atoms with van der Waals surface area (Å²) < 4.78 is 8.73. The van der Waals surface area contributed by atoms with Crippen LogP contribution in [0.5, 0.6) is 5.75 Å². The van der Waals surface area contributed by atoms with Crippen molar-refractivity contribution in [1.29, 1.82) is 5.26 Å². The molecule has 6 nitrogen and oxygen atoms in total. The predicted octanol–water partition coefficient (Wildman–Crippen LogP) is 3.33. The topological polar surface area (TPSA) is 72.8 Å².